The van der Waals surface area contributed by atoms with Gasteiger partial charge in [-0.3, -0.25) is 9.78 Å². The van der Waals surface area contributed by atoms with E-state index in [-0.39, 0.29) is 5.78 Å². The average Bonchev–Trinajstić information content (AvgIpc) is 2.05. The first-order valence-corrected chi connectivity index (χ1v) is 3.78. The van der Waals surface area contributed by atoms with E-state index in [1.807, 2.05) is 19.0 Å². The van der Waals surface area contributed by atoms with Gasteiger partial charge >= 0.3 is 0 Å². The fourth-order valence-electron chi connectivity index (χ4n) is 0.916. The predicted octanol–water partition coefficient (Wildman–Crippen LogP) is 0.826. The van der Waals surface area contributed by atoms with Crippen LogP contribution >= 0.6 is 0 Å². The molecule has 1 aromatic rings. The van der Waals surface area contributed by atoms with E-state index in [4.69, 9.17) is 0 Å². The molecule has 0 fully saturated rings. The second-order valence-corrected chi connectivity index (χ2v) is 2.90. The molecule has 0 N–H and O–H groups in total. The first kappa shape index (κ1) is 8.87. The van der Waals surface area contributed by atoms with Gasteiger partial charge in [0.2, 0.25) is 0 Å². The van der Waals surface area contributed by atoms with Crippen molar-refractivity contribution in [2.24, 2.45) is 0 Å². The number of nitrogens with zero attached hydrogens (tertiary/aromatic N) is 2. The van der Waals surface area contributed by atoms with Crippen molar-refractivity contribution in [3.8, 4) is 0 Å². The molecule has 0 saturated carbocycles. The zero-order valence-corrected chi connectivity index (χ0v) is 7.32. The number of ketones is 1. The van der Waals surface area contributed by atoms with Crippen LogP contribution in [0, 0.1) is 0 Å². The maximum Gasteiger partial charge on any atom is 0.176 e. The predicted molar refractivity (Wildman–Crippen MR) is 47.1 cm³/mol. The van der Waals surface area contributed by atoms with Crippen molar-refractivity contribution in [1.82, 2.24) is 9.88 Å². The van der Waals surface area contributed by atoms with Crippen LogP contribution < -0.4 is 0 Å². The summed E-state index contributed by atoms with van der Waals surface area (Å²) in [5.74, 6) is 0.127. The topological polar surface area (TPSA) is 33.2 Å². The maximum atomic E-state index is 11.4. The summed E-state index contributed by atoms with van der Waals surface area (Å²) in [6, 6.07) is 3.46. The van der Waals surface area contributed by atoms with Crippen LogP contribution in [0.3, 0.4) is 0 Å². The minimum Gasteiger partial charge on any atom is -0.302 e. The highest BCUT2D eigenvalue weighted by molar-refractivity contribution is 5.97. The number of Topliss-reactive ketones (excluding diaryl/α,β-unsaturated/α-hetero) is 1. The van der Waals surface area contributed by atoms with Crippen LogP contribution in [-0.4, -0.2) is 36.3 Å². The van der Waals surface area contributed by atoms with Crippen LogP contribution in [-0.2, 0) is 0 Å². The van der Waals surface area contributed by atoms with Gasteiger partial charge < -0.3 is 4.90 Å². The quantitative estimate of drug-likeness (QED) is 0.620. The van der Waals surface area contributed by atoms with Crippen LogP contribution in [0.1, 0.15) is 10.4 Å². The summed E-state index contributed by atoms with van der Waals surface area (Å²) in [6.45, 7) is 0.448. The average molecular weight is 164 g/mol. The van der Waals surface area contributed by atoms with Gasteiger partial charge in [0.05, 0.1) is 6.54 Å². The van der Waals surface area contributed by atoms with Crippen LogP contribution in [0.15, 0.2) is 24.5 Å². The van der Waals surface area contributed by atoms with E-state index >= 15 is 0 Å². The number of carbonyl (C=O) groups is 1. The molecule has 1 heterocycles. The van der Waals surface area contributed by atoms with Crippen LogP contribution in [0.4, 0.5) is 0 Å². The SMILES string of the molecule is CN(C)CC(=O)c1ccncc1. The largest absolute Gasteiger partial charge is 0.302 e. The normalized spacial score (nSPS) is 10.2. The maximum absolute atomic E-state index is 11.4. The molecule has 0 radical (unpaired) electrons. The van der Waals surface area contributed by atoms with Crippen molar-refractivity contribution >= 4 is 5.78 Å². The van der Waals surface area contributed by atoms with Gasteiger partial charge in [-0.25, -0.2) is 0 Å². The van der Waals surface area contributed by atoms with Crippen molar-refractivity contribution in [2.45, 2.75) is 0 Å². The monoisotopic (exact) mass is 164 g/mol. The van der Waals surface area contributed by atoms with Gasteiger partial charge in [-0.05, 0) is 26.2 Å². The summed E-state index contributed by atoms with van der Waals surface area (Å²) in [5.41, 5.74) is 0.721. The van der Waals surface area contributed by atoms with E-state index in [1.54, 1.807) is 24.5 Å². The van der Waals surface area contributed by atoms with E-state index in [0.717, 1.165) is 5.56 Å². The lowest BCUT2D eigenvalue weighted by atomic mass is 10.2. The number of pyridine rings is 1. The zero-order valence-electron chi connectivity index (χ0n) is 7.32. The van der Waals surface area contributed by atoms with E-state index in [9.17, 15) is 4.79 Å². The zero-order chi connectivity index (χ0) is 8.97. The summed E-state index contributed by atoms with van der Waals surface area (Å²) in [4.78, 5) is 17.1. The second-order valence-electron chi connectivity index (χ2n) is 2.90. The number of likely N-dealkylation sites (N-methyl/N-ethyl adjacent to an activating group) is 1. The van der Waals surface area contributed by atoms with Gasteiger partial charge in [0, 0.05) is 18.0 Å². The highest BCUT2D eigenvalue weighted by Crippen LogP contribution is 1.97. The van der Waals surface area contributed by atoms with Gasteiger partial charge in [0.25, 0.3) is 0 Å². The molecule has 0 atom stereocenters. The molecular formula is C9H12N2O. The third-order valence-electron chi connectivity index (χ3n) is 1.46. The van der Waals surface area contributed by atoms with Crippen molar-refractivity contribution < 1.29 is 4.79 Å². The molecule has 3 heteroatoms. The number of hydrogen-bond acceptors (Lipinski definition) is 3. The Morgan fingerprint density at radius 1 is 1.42 bits per heavy atom. The minimum atomic E-state index is 0.127. The molecular weight excluding hydrogens is 152 g/mol. The van der Waals surface area contributed by atoms with Crippen molar-refractivity contribution in [1.29, 1.82) is 0 Å². The highest BCUT2D eigenvalue weighted by Gasteiger charge is 2.04. The molecule has 0 unspecified atom stereocenters. The molecule has 3 nitrogen and oxygen atoms in total. The summed E-state index contributed by atoms with van der Waals surface area (Å²) in [5, 5.41) is 0. The van der Waals surface area contributed by atoms with E-state index in [2.05, 4.69) is 4.98 Å². The van der Waals surface area contributed by atoms with Gasteiger partial charge in [-0.1, -0.05) is 0 Å². The Morgan fingerprint density at radius 2 is 2.00 bits per heavy atom. The lowest BCUT2D eigenvalue weighted by Crippen LogP contribution is -2.21. The van der Waals surface area contributed by atoms with E-state index < -0.39 is 0 Å². The minimum absolute atomic E-state index is 0.127. The first-order valence-electron chi connectivity index (χ1n) is 3.78. The molecule has 64 valence electrons. The molecule has 1 rings (SSSR count). The summed E-state index contributed by atoms with van der Waals surface area (Å²) in [6.07, 6.45) is 3.26. The van der Waals surface area contributed by atoms with Crippen LogP contribution in [0.25, 0.3) is 0 Å². The number of hydrogen-bond donors (Lipinski definition) is 0. The molecule has 0 aliphatic heterocycles. The third-order valence-corrected chi connectivity index (χ3v) is 1.46. The van der Waals surface area contributed by atoms with Gasteiger partial charge in [0.1, 0.15) is 0 Å². The molecule has 0 amide bonds. The van der Waals surface area contributed by atoms with E-state index in [0.29, 0.717) is 6.54 Å². The first-order chi connectivity index (χ1) is 5.70. The molecule has 0 aliphatic rings. The Bertz CT molecular complexity index is 256. The number of carbonyl (C=O) groups excluding carboxylic acids is 1. The van der Waals surface area contributed by atoms with Crippen molar-refractivity contribution in [2.75, 3.05) is 20.6 Å². The molecule has 1 aromatic heterocycles. The summed E-state index contributed by atoms with van der Waals surface area (Å²) >= 11 is 0. The lowest BCUT2D eigenvalue weighted by Gasteiger charge is -2.07. The Morgan fingerprint density at radius 3 is 2.50 bits per heavy atom. The number of aromatic nitrogens is 1. The molecule has 0 bridgehead atoms. The number of rotatable bonds is 3. The summed E-state index contributed by atoms with van der Waals surface area (Å²) < 4.78 is 0. The fourth-order valence-corrected chi connectivity index (χ4v) is 0.916. The summed E-state index contributed by atoms with van der Waals surface area (Å²) in [7, 11) is 3.75. The van der Waals surface area contributed by atoms with Crippen LogP contribution in [0.2, 0.25) is 0 Å². The van der Waals surface area contributed by atoms with Gasteiger partial charge in [-0.15, -0.1) is 0 Å². The highest BCUT2D eigenvalue weighted by atomic mass is 16.1. The molecule has 0 saturated heterocycles. The molecule has 12 heavy (non-hydrogen) atoms. The Hall–Kier alpha value is -1.22. The Labute approximate surface area is 72.0 Å². The van der Waals surface area contributed by atoms with Gasteiger partial charge in [0.15, 0.2) is 5.78 Å². The standard InChI is InChI=1S/C9H12N2O/c1-11(2)7-9(12)8-3-5-10-6-4-8/h3-6H,7H2,1-2H3. The van der Waals surface area contributed by atoms with Crippen molar-refractivity contribution in [3.05, 3.63) is 30.1 Å². The van der Waals surface area contributed by atoms with Gasteiger partial charge in [-0.2, -0.15) is 0 Å². The molecule has 0 aliphatic carbocycles. The second kappa shape index (κ2) is 3.97. The Balaban J connectivity index is 2.66. The van der Waals surface area contributed by atoms with Crippen LogP contribution in [0.5, 0.6) is 0 Å². The van der Waals surface area contributed by atoms with Crippen molar-refractivity contribution in [3.63, 3.8) is 0 Å². The molecule has 0 spiro atoms. The Kier molecular flexibility index (Phi) is 2.94. The van der Waals surface area contributed by atoms with E-state index in [1.165, 1.54) is 0 Å². The fraction of sp³-hybridized carbons (Fsp3) is 0.333. The lowest BCUT2D eigenvalue weighted by molar-refractivity contribution is 0.0958. The molecule has 0 aromatic carbocycles. The smallest absolute Gasteiger partial charge is 0.176 e. The third kappa shape index (κ3) is 2.43.